The van der Waals surface area contributed by atoms with E-state index in [1.165, 1.54) is 6.07 Å². The lowest BCUT2D eigenvalue weighted by Gasteiger charge is -2.17. The molecule has 2 atom stereocenters. The fraction of sp³-hybridized carbons (Fsp3) is 0.600. The molecule has 2 unspecified atom stereocenters. The molecule has 4 N–H and O–H groups in total. The van der Waals surface area contributed by atoms with Crippen LogP contribution in [-0.2, 0) is 0 Å². The number of hydrogen-bond donors (Lipinski definition) is 3. The molecule has 0 heterocycles. The van der Waals surface area contributed by atoms with Crippen LogP contribution in [0.3, 0.4) is 0 Å². The van der Waals surface area contributed by atoms with E-state index in [0.717, 1.165) is 25.8 Å². The van der Waals surface area contributed by atoms with Gasteiger partial charge in [0.1, 0.15) is 0 Å². The number of rotatable bonds is 5. The zero-order valence-corrected chi connectivity index (χ0v) is 12.0. The number of ether oxygens (including phenoxy) is 1. The lowest BCUT2D eigenvalue weighted by molar-refractivity contribution is 0.178. The largest absolute Gasteiger partial charge is 0.488 e. The molecule has 0 amide bonds. The van der Waals surface area contributed by atoms with Crippen LogP contribution in [0.2, 0.25) is 0 Å². The van der Waals surface area contributed by atoms with Crippen LogP contribution >= 0.6 is 0 Å². The molecule has 1 aliphatic rings. The maximum atomic E-state index is 13.7. The second-order valence-corrected chi connectivity index (χ2v) is 5.75. The Hall–Kier alpha value is -1.49. The Bertz CT molecular complexity index is 465. The lowest BCUT2D eigenvalue weighted by atomic mass is 10.1. The van der Waals surface area contributed by atoms with Gasteiger partial charge in [0.2, 0.25) is 0 Å². The Morgan fingerprint density at radius 2 is 2.20 bits per heavy atom. The summed E-state index contributed by atoms with van der Waals surface area (Å²) in [6.07, 6.45) is 2.39. The molecule has 1 fully saturated rings. The summed E-state index contributed by atoms with van der Waals surface area (Å²) < 4.78 is 19.1. The van der Waals surface area contributed by atoms with E-state index in [9.17, 15) is 9.50 Å². The molecule has 4 nitrogen and oxygen atoms in total. The fourth-order valence-corrected chi connectivity index (χ4v) is 2.55. The Labute approximate surface area is 119 Å². The van der Waals surface area contributed by atoms with Crippen molar-refractivity contribution in [2.24, 2.45) is 5.92 Å². The van der Waals surface area contributed by atoms with E-state index in [0.29, 0.717) is 17.3 Å². The number of halogens is 1. The molecule has 1 aromatic rings. The van der Waals surface area contributed by atoms with Crippen molar-refractivity contribution < 1.29 is 14.2 Å². The van der Waals surface area contributed by atoms with Crippen molar-refractivity contribution in [2.45, 2.75) is 45.3 Å². The van der Waals surface area contributed by atoms with E-state index in [4.69, 9.17) is 10.5 Å². The minimum Gasteiger partial charge on any atom is -0.488 e. The molecule has 112 valence electrons. The second kappa shape index (κ2) is 6.31. The van der Waals surface area contributed by atoms with Gasteiger partial charge in [-0.1, -0.05) is 0 Å². The molecule has 2 rings (SSSR count). The van der Waals surface area contributed by atoms with Crippen LogP contribution in [0.5, 0.6) is 5.75 Å². The van der Waals surface area contributed by atoms with Crippen LogP contribution < -0.4 is 15.8 Å². The summed E-state index contributed by atoms with van der Waals surface area (Å²) in [6.45, 7) is 4.43. The molecule has 0 aliphatic heterocycles. The van der Waals surface area contributed by atoms with Gasteiger partial charge in [-0.25, -0.2) is 4.39 Å². The number of aliphatic hydroxyl groups is 1. The van der Waals surface area contributed by atoms with Crippen LogP contribution in [0, 0.1) is 11.7 Å². The van der Waals surface area contributed by atoms with E-state index >= 15 is 0 Å². The third kappa shape index (κ3) is 3.76. The minimum absolute atomic E-state index is 0.0917. The van der Waals surface area contributed by atoms with Crippen LogP contribution in [-0.4, -0.2) is 23.9 Å². The quantitative estimate of drug-likeness (QED) is 0.726. The number of benzene rings is 1. The van der Waals surface area contributed by atoms with Crippen molar-refractivity contribution in [3.8, 4) is 5.75 Å². The number of aliphatic hydroxyl groups excluding tert-OH is 1. The second-order valence-electron chi connectivity index (χ2n) is 5.75. The fourth-order valence-electron chi connectivity index (χ4n) is 2.55. The number of anilines is 2. The molecule has 20 heavy (non-hydrogen) atoms. The van der Waals surface area contributed by atoms with Gasteiger partial charge in [0.15, 0.2) is 11.6 Å². The molecule has 0 saturated heterocycles. The smallest absolute Gasteiger partial charge is 0.167 e. The molecular weight excluding hydrogens is 259 g/mol. The minimum atomic E-state index is -0.446. The highest BCUT2D eigenvalue weighted by atomic mass is 19.1. The van der Waals surface area contributed by atoms with Gasteiger partial charge in [0.05, 0.1) is 23.6 Å². The first kappa shape index (κ1) is 14.9. The predicted octanol–water partition coefficient (Wildman–Crippen LogP) is 2.77. The van der Waals surface area contributed by atoms with Gasteiger partial charge in [-0.15, -0.1) is 0 Å². The van der Waals surface area contributed by atoms with Gasteiger partial charge in [-0.3, -0.25) is 0 Å². The highest BCUT2D eigenvalue weighted by molar-refractivity contribution is 5.68. The number of hydrogen-bond acceptors (Lipinski definition) is 4. The highest BCUT2D eigenvalue weighted by Gasteiger charge is 2.22. The summed E-state index contributed by atoms with van der Waals surface area (Å²) in [6, 6.07) is 2.89. The maximum Gasteiger partial charge on any atom is 0.167 e. The normalized spacial score (nSPS) is 22.2. The average Bonchev–Trinajstić information content (AvgIpc) is 2.76. The Morgan fingerprint density at radius 1 is 1.45 bits per heavy atom. The zero-order chi connectivity index (χ0) is 14.7. The summed E-state index contributed by atoms with van der Waals surface area (Å²) in [5.41, 5.74) is 6.88. The molecule has 0 radical (unpaired) electrons. The summed E-state index contributed by atoms with van der Waals surface area (Å²) in [5, 5.41) is 12.7. The molecule has 0 spiro atoms. The third-order valence-corrected chi connectivity index (χ3v) is 3.56. The monoisotopic (exact) mass is 282 g/mol. The van der Waals surface area contributed by atoms with Crippen molar-refractivity contribution in [1.82, 2.24) is 0 Å². The van der Waals surface area contributed by atoms with Crippen molar-refractivity contribution in [3.05, 3.63) is 17.9 Å². The van der Waals surface area contributed by atoms with Crippen molar-refractivity contribution >= 4 is 11.4 Å². The standard InChI is InChI=1S/C15H23FN2O2/c1-9(2)20-15-7-14(13(17)6-12(15)16)18-8-10-3-4-11(19)5-10/h6-7,9-11,18-19H,3-5,8,17H2,1-2H3. The number of nitrogen functional groups attached to an aromatic ring is 1. The van der Waals surface area contributed by atoms with Crippen LogP contribution in [0.25, 0.3) is 0 Å². The topological polar surface area (TPSA) is 67.5 Å². The molecule has 1 aromatic carbocycles. The van der Waals surface area contributed by atoms with Gasteiger partial charge < -0.3 is 20.9 Å². The Kier molecular flexibility index (Phi) is 4.70. The molecule has 0 aromatic heterocycles. The Balaban J connectivity index is 2.03. The predicted molar refractivity (Wildman–Crippen MR) is 78.4 cm³/mol. The maximum absolute atomic E-state index is 13.7. The van der Waals surface area contributed by atoms with Crippen molar-refractivity contribution in [1.29, 1.82) is 0 Å². The molecule has 0 bridgehead atoms. The summed E-state index contributed by atoms with van der Waals surface area (Å²) in [7, 11) is 0. The van der Waals surface area contributed by atoms with Crippen LogP contribution in [0.15, 0.2) is 12.1 Å². The number of nitrogens with two attached hydrogens (primary N) is 1. The molecule has 1 saturated carbocycles. The molecule has 1 aliphatic carbocycles. The summed E-state index contributed by atoms with van der Waals surface area (Å²) in [5.74, 6) is 0.199. The molecule has 5 heteroatoms. The van der Waals surface area contributed by atoms with Crippen LogP contribution in [0.1, 0.15) is 33.1 Å². The van der Waals surface area contributed by atoms with E-state index in [1.807, 2.05) is 13.8 Å². The number of nitrogens with one attached hydrogen (secondary N) is 1. The Morgan fingerprint density at radius 3 is 2.80 bits per heavy atom. The van der Waals surface area contributed by atoms with E-state index in [2.05, 4.69) is 5.32 Å². The van der Waals surface area contributed by atoms with E-state index in [1.54, 1.807) is 6.07 Å². The summed E-state index contributed by atoms with van der Waals surface area (Å²) in [4.78, 5) is 0. The van der Waals surface area contributed by atoms with Gasteiger partial charge in [-0.05, 0) is 39.0 Å². The van der Waals surface area contributed by atoms with Gasteiger partial charge in [-0.2, -0.15) is 0 Å². The first-order valence-electron chi connectivity index (χ1n) is 7.13. The first-order valence-corrected chi connectivity index (χ1v) is 7.13. The first-order chi connectivity index (χ1) is 9.45. The zero-order valence-electron chi connectivity index (χ0n) is 12.0. The van der Waals surface area contributed by atoms with Crippen LogP contribution in [0.4, 0.5) is 15.8 Å². The average molecular weight is 282 g/mol. The molecular formula is C15H23FN2O2. The van der Waals surface area contributed by atoms with E-state index < -0.39 is 5.82 Å². The van der Waals surface area contributed by atoms with Crippen molar-refractivity contribution in [2.75, 3.05) is 17.6 Å². The van der Waals surface area contributed by atoms with Gasteiger partial charge >= 0.3 is 0 Å². The van der Waals surface area contributed by atoms with Gasteiger partial charge in [0.25, 0.3) is 0 Å². The SMILES string of the molecule is CC(C)Oc1cc(NCC2CCC(O)C2)c(N)cc1F. The lowest BCUT2D eigenvalue weighted by Crippen LogP contribution is -2.14. The third-order valence-electron chi connectivity index (χ3n) is 3.56. The van der Waals surface area contributed by atoms with E-state index in [-0.39, 0.29) is 18.0 Å². The highest BCUT2D eigenvalue weighted by Crippen LogP contribution is 2.31. The van der Waals surface area contributed by atoms with Crippen molar-refractivity contribution in [3.63, 3.8) is 0 Å². The van der Waals surface area contributed by atoms with Gasteiger partial charge in [0, 0.05) is 18.7 Å². The summed E-state index contributed by atoms with van der Waals surface area (Å²) >= 11 is 0.